The van der Waals surface area contributed by atoms with Crippen molar-refractivity contribution in [3.63, 3.8) is 0 Å². The van der Waals surface area contributed by atoms with Crippen molar-refractivity contribution in [1.82, 2.24) is 4.98 Å². The van der Waals surface area contributed by atoms with Crippen molar-refractivity contribution in [2.45, 2.75) is 12.4 Å². The first-order valence-corrected chi connectivity index (χ1v) is 6.58. The molecule has 0 unspecified atom stereocenters. The van der Waals surface area contributed by atoms with Gasteiger partial charge in [-0.2, -0.15) is 26.3 Å². The molecule has 0 amide bonds. The zero-order chi connectivity index (χ0) is 15.8. The lowest BCUT2D eigenvalue weighted by atomic mass is 10.0. The molecule has 112 valence electrons. The van der Waals surface area contributed by atoms with Gasteiger partial charge in [0, 0.05) is 15.3 Å². The summed E-state index contributed by atoms with van der Waals surface area (Å²) >= 11 is 1.64. The average Bonchev–Trinajstić information content (AvgIpc) is 2.36. The molecule has 1 aromatic carbocycles. The maximum Gasteiger partial charge on any atom is 0.433 e. The lowest BCUT2D eigenvalue weighted by Gasteiger charge is -2.15. The summed E-state index contributed by atoms with van der Waals surface area (Å²) in [6.45, 7) is 0. The van der Waals surface area contributed by atoms with Gasteiger partial charge in [-0.1, -0.05) is 12.1 Å². The molecule has 8 heteroatoms. The number of pyridine rings is 1. The highest BCUT2D eigenvalue weighted by atomic mass is 127. The van der Waals surface area contributed by atoms with E-state index in [0.717, 1.165) is 18.3 Å². The highest BCUT2D eigenvalue weighted by molar-refractivity contribution is 14.1. The van der Waals surface area contributed by atoms with Gasteiger partial charge in [-0.25, -0.2) is 0 Å². The lowest BCUT2D eigenvalue weighted by molar-refractivity contribution is -0.140. The molecule has 0 aliphatic carbocycles. The van der Waals surface area contributed by atoms with Crippen LogP contribution in [0.15, 0.2) is 36.5 Å². The maximum absolute atomic E-state index is 13.0. The molecule has 1 heterocycles. The first kappa shape index (κ1) is 16.1. The number of rotatable bonds is 1. The summed E-state index contributed by atoms with van der Waals surface area (Å²) in [5, 5.41) is 0. The van der Waals surface area contributed by atoms with Gasteiger partial charge in [0.25, 0.3) is 0 Å². The van der Waals surface area contributed by atoms with Crippen LogP contribution in [0.2, 0.25) is 0 Å². The van der Waals surface area contributed by atoms with E-state index in [-0.39, 0.29) is 14.7 Å². The number of hydrogen-bond donors (Lipinski definition) is 0. The second-order valence-corrected chi connectivity index (χ2v) is 5.25. The Kier molecular flexibility index (Phi) is 4.18. The van der Waals surface area contributed by atoms with Gasteiger partial charge < -0.3 is 0 Å². The van der Waals surface area contributed by atoms with Gasteiger partial charge in [0.15, 0.2) is 5.69 Å². The lowest BCUT2D eigenvalue weighted by Crippen LogP contribution is -2.11. The van der Waals surface area contributed by atoms with Crippen LogP contribution in [0.4, 0.5) is 26.3 Å². The molecule has 0 N–H and O–H groups in total. The number of nitrogens with zero attached hydrogens (tertiary/aromatic N) is 1. The molecule has 1 aromatic heterocycles. The molecule has 0 spiro atoms. The first-order valence-electron chi connectivity index (χ1n) is 5.50. The predicted molar refractivity (Wildman–Crippen MR) is 72.4 cm³/mol. The van der Waals surface area contributed by atoms with E-state index in [9.17, 15) is 26.3 Å². The fourth-order valence-electron chi connectivity index (χ4n) is 1.78. The van der Waals surface area contributed by atoms with Crippen molar-refractivity contribution < 1.29 is 26.3 Å². The standard InChI is InChI=1S/C13H6F6IN/c14-12(15,16)8-3-1-2-7(6-8)10-9(20)4-5-21-11(10)13(17,18)19/h1-6H. The second-order valence-electron chi connectivity index (χ2n) is 4.09. The third-order valence-electron chi connectivity index (χ3n) is 2.65. The zero-order valence-corrected chi connectivity index (χ0v) is 12.2. The Bertz CT molecular complexity index is 662. The summed E-state index contributed by atoms with van der Waals surface area (Å²) in [5.74, 6) is 0. The molecule has 0 radical (unpaired) electrons. The molecule has 0 atom stereocenters. The van der Waals surface area contributed by atoms with Crippen LogP contribution in [0.1, 0.15) is 11.3 Å². The van der Waals surface area contributed by atoms with Gasteiger partial charge in [0.2, 0.25) is 0 Å². The van der Waals surface area contributed by atoms with E-state index in [0.29, 0.717) is 6.07 Å². The summed E-state index contributed by atoms with van der Waals surface area (Å²) in [4.78, 5) is 3.27. The smallest absolute Gasteiger partial charge is 0.251 e. The van der Waals surface area contributed by atoms with Crippen LogP contribution >= 0.6 is 22.6 Å². The number of aromatic nitrogens is 1. The van der Waals surface area contributed by atoms with Crippen molar-refractivity contribution in [2.75, 3.05) is 0 Å². The molecule has 21 heavy (non-hydrogen) atoms. The third-order valence-corrected chi connectivity index (χ3v) is 3.55. The van der Waals surface area contributed by atoms with Crippen molar-refractivity contribution in [3.8, 4) is 11.1 Å². The SMILES string of the molecule is FC(F)(F)c1cccc(-c2c(I)ccnc2C(F)(F)F)c1. The van der Waals surface area contributed by atoms with E-state index in [1.54, 1.807) is 22.6 Å². The van der Waals surface area contributed by atoms with Crippen LogP contribution in [0.3, 0.4) is 0 Å². The predicted octanol–water partition coefficient (Wildman–Crippen LogP) is 5.39. The van der Waals surface area contributed by atoms with E-state index in [2.05, 4.69) is 4.98 Å². The summed E-state index contributed by atoms with van der Waals surface area (Å²) in [7, 11) is 0. The second kappa shape index (κ2) is 5.47. The van der Waals surface area contributed by atoms with Crippen LogP contribution in [0.25, 0.3) is 11.1 Å². The fourth-order valence-corrected chi connectivity index (χ4v) is 2.51. The first-order chi connectivity index (χ1) is 9.60. The summed E-state index contributed by atoms with van der Waals surface area (Å²) in [6.07, 6.45) is -8.39. The molecule has 1 nitrogen and oxygen atoms in total. The number of benzene rings is 1. The normalized spacial score (nSPS) is 12.5. The summed E-state index contributed by atoms with van der Waals surface area (Å²) in [5.41, 5.74) is -2.73. The molecule has 0 saturated heterocycles. The Labute approximate surface area is 129 Å². The van der Waals surface area contributed by atoms with E-state index in [1.807, 2.05) is 0 Å². The summed E-state index contributed by atoms with van der Waals surface area (Å²) in [6, 6.07) is 5.07. The largest absolute Gasteiger partial charge is 0.433 e. The Morgan fingerprint density at radius 1 is 0.905 bits per heavy atom. The monoisotopic (exact) mass is 417 g/mol. The minimum Gasteiger partial charge on any atom is -0.251 e. The maximum atomic E-state index is 13.0. The Morgan fingerprint density at radius 2 is 1.57 bits per heavy atom. The quantitative estimate of drug-likeness (QED) is 0.448. The molecule has 0 bridgehead atoms. The van der Waals surface area contributed by atoms with Gasteiger partial charge >= 0.3 is 12.4 Å². The molecule has 2 aromatic rings. The number of hydrogen-bond acceptors (Lipinski definition) is 1. The molecule has 0 saturated carbocycles. The van der Waals surface area contributed by atoms with Crippen LogP contribution in [0.5, 0.6) is 0 Å². The molecule has 0 aliphatic rings. The minimum absolute atomic E-state index is 0.172. The van der Waals surface area contributed by atoms with Crippen molar-refractivity contribution in [3.05, 3.63) is 51.4 Å². The highest BCUT2D eigenvalue weighted by Gasteiger charge is 2.37. The number of halogens is 7. The van der Waals surface area contributed by atoms with Gasteiger partial charge in [-0.05, 0) is 46.4 Å². The van der Waals surface area contributed by atoms with Gasteiger partial charge in [0.1, 0.15) is 0 Å². The van der Waals surface area contributed by atoms with E-state index < -0.39 is 23.6 Å². The molecular weight excluding hydrogens is 411 g/mol. The van der Waals surface area contributed by atoms with Gasteiger partial charge in [-0.3, -0.25) is 4.98 Å². The molecule has 0 aliphatic heterocycles. The van der Waals surface area contributed by atoms with E-state index in [1.165, 1.54) is 12.1 Å². The van der Waals surface area contributed by atoms with Crippen molar-refractivity contribution in [1.29, 1.82) is 0 Å². The Hall–Kier alpha value is -1.32. The average molecular weight is 417 g/mol. The molecule has 2 rings (SSSR count). The van der Waals surface area contributed by atoms with Crippen LogP contribution in [-0.2, 0) is 12.4 Å². The Morgan fingerprint density at radius 3 is 2.14 bits per heavy atom. The molecule has 0 fully saturated rings. The third kappa shape index (κ3) is 3.47. The fraction of sp³-hybridized carbons (Fsp3) is 0.154. The minimum atomic E-state index is -4.75. The molecular formula is C13H6F6IN. The van der Waals surface area contributed by atoms with Crippen LogP contribution in [-0.4, -0.2) is 4.98 Å². The van der Waals surface area contributed by atoms with Crippen LogP contribution < -0.4 is 0 Å². The van der Waals surface area contributed by atoms with E-state index >= 15 is 0 Å². The van der Waals surface area contributed by atoms with Gasteiger partial charge in [-0.15, -0.1) is 0 Å². The topological polar surface area (TPSA) is 12.9 Å². The van der Waals surface area contributed by atoms with Crippen molar-refractivity contribution >= 4 is 22.6 Å². The van der Waals surface area contributed by atoms with E-state index in [4.69, 9.17) is 0 Å². The highest BCUT2D eigenvalue weighted by Crippen LogP contribution is 2.39. The van der Waals surface area contributed by atoms with Crippen LogP contribution in [0, 0.1) is 3.57 Å². The van der Waals surface area contributed by atoms with Crippen molar-refractivity contribution in [2.24, 2.45) is 0 Å². The summed E-state index contributed by atoms with van der Waals surface area (Å²) < 4.78 is 77.1. The Balaban J connectivity index is 2.68. The zero-order valence-electron chi connectivity index (χ0n) is 10.1. The number of alkyl halides is 6. The van der Waals surface area contributed by atoms with Gasteiger partial charge in [0.05, 0.1) is 5.56 Å².